The first-order valence-corrected chi connectivity index (χ1v) is 6.13. The number of pyridine rings is 1. The van der Waals surface area contributed by atoms with Crippen molar-refractivity contribution < 1.29 is 4.79 Å². The monoisotopic (exact) mass is 253 g/mol. The van der Waals surface area contributed by atoms with Gasteiger partial charge in [0.25, 0.3) is 5.91 Å². The number of hydrogen-bond donors (Lipinski definition) is 2. The molecule has 0 saturated heterocycles. The second kappa shape index (κ2) is 4.53. The maximum atomic E-state index is 11.8. The Morgan fingerprint density at radius 2 is 2.35 bits per heavy atom. The minimum absolute atomic E-state index is 0.140. The Kier molecular flexibility index (Phi) is 3.24. The summed E-state index contributed by atoms with van der Waals surface area (Å²) >= 11 is 5.82. The molecule has 1 aromatic heterocycles. The lowest BCUT2D eigenvalue weighted by molar-refractivity contribution is 0.0944. The molecule has 2 rings (SSSR count). The van der Waals surface area contributed by atoms with Gasteiger partial charge in [-0.05, 0) is 30.7 Å². The topological polar surface area (TPSA) is 68.0 Å². The van der Waals surface area contributed by atoms with Crippen molar-refractivity contribution in [2.24, 2.45) is 5.41 Å². The molecule has 0 bridgehead atoms. The Labute approximate surface area is 106 Å². The number of hydrogen-bond acceptors (Lipinski definition) is 3. The maximum absolute atomic E-state index is 11.8. The first-order chi connectivity index (χ1) is 8.06. The summed E-state index contributed by atoms with van der Waals surface area (Å²) in [5, 5.41) is 3.24. The summed E-state index contributed by atoms with van der Waals surface area (Å²) in [4.78, 5) is 15.7. The van der Waals surface area contributed by atoms with Crippen LogP contribution in [0.3, 0.4) is 0 Å². The quantitative estimate of drug-likeness (QED) is 0.865. The molecule has 1 aliphatic carbocycles. The summed E-state index contributed by atoms with van der Waals surface area (Å²) in [5.41, 5.74) is 6.28. The van der Waals surface area contributed by atoms with E-state index in [2.05, 4.69) is 17.2 Å². The van der Waals surface area contributed by atoms with Crippen LogP contribution in [0.1, 0.15) is 36.5 Å². The van der Waals surface area contributed by atoms with Gasteiger partial charge in [0, 0.05) is 12.7 Å². The summed E-state index contributed by atoms with van der Waals surface area (Å²) in [5.74, 6) is 0.106. The van der Waals surface area contributed by atoms with Gasteiger partial charge in [-0.1, -0.05) is 18.5 Å². The number of nitrogens with zero attached hydrogens (tertiary/aromatic N) is 1. The molecular weight excluding hydrogens is 238 g/mol. The van der Waals surface area contributed by atoms with Gasteiger partial charge in [-0.2, -0.15) is 0 Å². The highest BCUT2D eigenvalue weighted by Crippen LogP contribution is 2.47. The molecule has 1 aliphatic rings. The fourth-order valence-electron chi connectivity index (χ4n) is 1.77. The van der Waals surface area contributed by atoms with Crippen molar-refractivity contribution in [3.8, 4) is 0 Å². The third-order valence-electron chi connectivity index (χ3n) is 3.46. The lowest BCUT2D eigenvalue weighted by Gasteiger charge is -2.13. The zero-order chi connectivity index (χ0) is 12.5. The van der Waals surface area contributed by atoms with Crippen molar-refractivity contribution in [2.75, 3.05) is 12.3 Å². The van der Waals surface area contributed by atoms with Crippen molar-refractivity contribution in [3.63, 3.8) is 0 Å². The Morgan fingerprint density at radius 1 is 1.65 bits per heavy atom. The van der Waals surface area contributed by atoms with E-state index in [4.69, 9.17) is 17.3 Å². The standard InChI is InChI=1S/C12H16ClN3O/c1-2-12(3-4-12)7-16-11(17)8-5-9(13)10(14)15-6-8/h5-6H,2-4,7H2,1H3,(H2,14,15)(H,16,17). The van der Waals surface area contributed by atoms with Gasteiger partial charge in [-0.15, -0.1) is 0 Å². The molecule has 0 aromatic carbocycles. The van der Waals surface area contributed by atoms with Crippen LogP contribution in [0.25, 0.3) is 0 Å². The first-order valence-electron chi connectivity index (χ1n) is 5.75. The van der Waals surface area contributed by atoms with Crippen LogP contribution in [0.2, 0.25) is 5.02 Å². The van der Waals surface area contributed by atoms with Crippen LogP contribution < -0.4 is 11.1 Å². The van der Waals surface area contributed by atoms with Crippen LogP contribution in [-0.2, 0) is 0 Å². The lowest BCUT2D eigenvalue weighted by Crippen LogP contribution is -2.30. The van der Waals surface area contributed by atoms with Crippen LogP contribution in [0.4, 0.5) is 5.82 Å². The number of aromatic nitrogens is 1. The van der Waals surface area contributed by atoms with Gasteiger partial charge in [-0.25, -0.2) is 4.98 Å². The SMILES string of the molecule is CCC1(CNC(=O)c2cnc(N)c(Cl)c2)CC1. The Balaban J connectivity index is 1.97. The van der Waals surface area contributed by atoms with Crippen molar-refractivity contribution in [2.45, 2.75) is 26.2 Å². The Hall–Kier alpha value is -1.29. The number of carbonyl (C=O) groups excluding carboxylic acids is 1. The molecule has 1 amide bonds. The molecule has 0 spiro atoms. The molecule has 0 aliphatic heterocycles. The van der Waals surface area contributed by atoms with Crippen LogP contribution in [-0.4, -0.2) is 17.4 Å². The van der Waals surface area contributed by atoms with Gasteiger partial charge in [0.1, 0.15) is 5.82 Å². The van der Waals surface area contributed by atoms with Gasteiger partial charge < -0.3 is 11.1 Å². The number of anilines is 1. The van der Waals surface area contributed by atoms with Crippen LogP contribution in [0.15, 0.2) is 12.3 Å². The summed E-state index contributed by atoms with van der Waals surface area (Å²) in [6, 6.07) is 1.55. The fraction of sp³-hybridized carbons (Fsp3) is 0.500. The van der Waals surface area contributed by atoms with Gasteiger partial charge in [0.05, 0.1) is 10.6 Å². The van der Waals surface area contributed by atoms with Crippen molar-refractivity contribution in [1.29, 1.82) is 0 Å². The van der Waals surface area contributed by atoms with E-state index in [9.17, 15) is 4.79 Å². The first kappa shape index (κ1) is 12.2. The molecule has 1 fully saturated rings. The van der Waals surface area contributed by atoms with E-state index in [0.717, 1.165) is 13.0 Å². The van der Waals surface area contributed by atoms with E-state index >= 15 is 0 Å². The second-order valence-electron chi connectivity index (χ2n) is 4.63. The van der Waals surface area contributed by atoms with E-state index in [1.165, 1.54) is 19.0 Å². The van der Waals surface area contributed by atoms with Crippen LogP contribution in [0, 0.1) is 5.41 Å². The summed E-state index contributed by atoms with van der Waals surface area (Å²) < 4.78 is 0. The molecule has 1 saturated carbocycles. The van der Waals surface area contributed by atoms with Crippen LogP contribution >= 0.6 is 11.6 Å². The lowest BCUT2D eigenvalue weighted by atomic mass is 10.0. The molecule has 1 heterocycles. The fourth-order valence-corrected chi connectivity index (χ4v) is 1.94. The normalized spacial score (nSPS) is 16.6. The number of nitrogens with one attached hydrogen (secondary N) is 1. The van der Waals surface area contributed by atoms with E-state index < -0.39 is 0 Å². The van der Waals surface area contributed by atoms with Crippen LogP contribution in [0.5, 0.6) is 0 Å². The molecule has 92 valence electrons. The van der Waals surface area contributed by atoms with Gasteiger partial charge in [-0.3, -0.25) is 4.79 Å². The average Bonchev–Trinajstić information content (AvgIpc) is 3.10. The zero-order valence-electron chi connectivity index (χ0n) is 9.79. The Morgan fingerprint density at radius 3 is 2.88 bits per heavy atom. The predicted octanol–water partition coefficient (Wildman–Crippen LogP) is 2.24. The predicted molar refractivity (Wildman–Crippen MR) is 68.0 cm³/mol. The molecule has 5 heteroatoms. The number of carbonyl (C=O) groups is 1. The van der Waals surface area contributed by atoms with Crippen molar-refractivity contribution in [3.05, 3.63) is 22.8 Å². The number of halogens is 1. The number of amides is 1. The molecule has 0 unspecified atom stereocenters. The van der Waals surface area contributed by atoms with E-state index in [-0.39, 0.29) is 11.7 Å². The Bertz CT molecular complexity index is 443. The molecule has 0 radical (unpaired) electrons. The zero-order valence-corrected chi connectivity index (χ0v) is 10.5. The minimum Gasteiger partial charge on any atom is -0.382 e. The molecule has 3 N–H and O–H groups in total. The summed E-state index contributed by atoms with van der Waals surface area (Å²) in [6.07, 6.45) is 4.95. The van der Waals surface area contributed by atoms with Crippen molar-refractivity contribution in [1.82, 2.24) is 10.3 Å². The summed E-state index contributed by atoms with van der Waals surface area (Å²) in [7, 11) is 0. The third-order valence-corrected chi connectivity index (χ3v) is 3.77. The molecule has 4 nitrogen and oxygen atoms in total. The second-order valence-corrected chi connectivity index (χ2v) is 5.03. The van der Waals surface area contributed by atoms with E-state index in [1.54, 1.807) is 6.07 Å². The number of rotatable bonds is 4. The average molecular weight is 254 g/mol. The largest absolute Gasteiger partial charge is 0.382 e. The molecular formula is C12H16ClN3O. The van der Waals surface area contributed by atoms with E-state index in [1.807, 2.05) is 0 Å². The number of nitrogens with two attached hydrogens (primary N) is 1. The van der Waals surface area contributed by atoms with Crippen molar-refractivity contribution >= 4 is 23.3 Å². The smallest absolute Gasteiger partial charge is 0.252 e. The highest BCUT2D eigenvalue weighted by molar-refractivity contribution is 6.33. The summed E-state index contributed by atoms with van der Waals surface area (Å²) in [6.45, 7) is 2.88. The third kappa shape index (κ3) is 2.69. The highest BCUT2D eigenvalue weighted by Gasteiger charge is 2.40. The molecule has 0 atom stereocenters. The van der Waals surface area contributed by atoms with Gasteiger partial charge in [0.15, 0.2) is 0 Å². The van der Waals surface area contributed by atoms with Gasteiger partial charge >= 0.3 is 0 Å². The highest BCUT2D eigenvalue weighted by atomic mass is 35.5. The number of nitrogen functional groups attached to an aromatic ring is 1. The minimum atomic E-state index is -0.140. The van der Waals surface area contributed by atoms with Gasteiger partial charge in [0.2, 0.25) is 0 Å². The molecule has 1 aromatic rings. The van der Waals surface area contributed by atoms with E-state index in [0.29, 0.717) is 16.0 Å². The maximum Gasteiger partial charge on any atom is 0.252 e. The molecule has 17 heavy (non-hydrogen) atoms.